The van der Waals surface area contributed by atoms with Crippen LogP contribution in [0.2, 0.25) is 0 Å². The van der Waals surface area contributed by atoms with Crippen LogP contribution >= 0.6 is 0 Å². The van der Waals surface area contributed by atoms with Crippen molar-refractivity contribution in [3.63, 3.8) is 0 Å². The maximum atomic E-state index is 5.74. The standard InChI is InChI=1S/C16H26N2O/c1-2-18(13-16-8-5-11-19-16)12-15-7-4-3-6-14(15)9-10-17/h3-4,6-7,16H,2,5,8-13,17H2,1H3. The molecule has 0 amide bonds. The van der Waals surface area contributed by atoms with Crippen LogP contribution in [0.4, 0.5) is 0 Å². The third-order valence-electron chi connectivity index (χ3n) is 3.86. The van der Waals surface area contributed by atoms with Crippen molar-refractivity contribution in [2.75, 3.05) is 26.2 Å². The highest BCUT2D eigenvalue weighted by Crippen LogP contribution is 2.16. The molecule has 1 fully saturated rings. The Bertz CT molecular complexity index is 375. The number of rotatable bonds is 7. The fourth-order valence-electron chi connectivity index (χ4n) is 2.73. The van der Waals surface area contributed by atoms with Crippen LogP contribution in [-0.2, 0) is 17.7 Å². The van der Waals surface area contributed by atoms with E-state index in [1.807, 2.05) is 0 Å². The lowest BCUT2D eigenvalue weighted by Gasteiger charge is -2.24. The number of nitrogens with two attached hydrogens (primary N) is 1. The first-order valence-corrected chi connectivity index (χ1v) is 7.44. The second kappa shape index (κ2) is 7.63. The average Bonchev–Trinajstić information content (AvgIpc) is 2.93. The van der Waals surface area contributed by atoms with E-state index in [1.54, 1.807) is 0 Å². The third-order valence-corrected chi connectivity index (χ3v) is 3.86. The molecule has 2 N–H and O–H groups in total. The van der Waals surface area contributed by atoms with E-state index in [0.717, 1.165) is 39.2 Å². The maximum absolute atomic E-state index is 5.74. The molecule has 19 heavy (non-hydrogen) atoms. The molecule has 3 nitrogen and oxygen atoms in total. The predicted octanol–water partition coefficient (Wildman–Crippen LogP) is 2.19. The van der Waals surface area contributed by atoms with E-state index < -0.39 is 0 Å². The summed E-state index contributed by atoms with van der Waals surface area (Å²) < 4.78 is 5.74. The van der Waals surface area contributed by atoms with Gasteiger partial charge >= 0.3 is 0 Å². The first-order chi connectivity index (χ1) is 9.33. The van der Waals surface area contributed by atoms with Gasteiger partial charge in [0.25, 0.3) is 0 Å². The lowest BCUT2D eigenvalue weighted by Crippen LogP contribution is -2.32. The van der Waals surface area contributed by atoms with E-state index in [0.29, 0.717) is 6.10 Å². The molecule has 1 aliphatic heterocycles. The van der Waals surface area contributed by atoms with Crippen molar-refractivity contribution < 1.29 is 4.74 Å². The first-order valence-electron chi connectivity index (χ1n) is 7.44. The molecule has 1 aromatic rings. The van der Waals surface area contributed by atoms with Crippen molar-refractivity contribution in [2.45, 2.75) is 38.8 Å². The second-order valence-electron chi connectivity index (χ2n) is 5.27. The minimum Gasteiger partial charge on any atom is -0.377 e. The molecule has 0 spiro atoms. The van der Waals surface area contributed by atoms with Crippen molar-refractivity contribution in [3.8, 4) is 0 Å². The summed E-state index contributed by atoms with van der Waals surface area (Å²) in [5, 5.41) is 0. The van der Waals surface area contributed by atoms with Crippen molar-refractivity contribution in [3.05, 3.63) is 35.4 Å². The van der Waals surface area contributed by atoms with Crippen LogP contribution in [-0.4, -0.2) is 37.2 Å². The summed E-state index contributed by atoms with van der Waals surface area (Å²) in [4.78, 5) is 2.48. The van der Waals surface area contributed by atoms with Gasteiger partial charge in [0, 0.05) is 19.7 Å². The highest BCUT2D eigenvalue weighted by molar-refractivity contribution is 5.27. The van der Waals surface area contributed by atoms with E-state index in [-0.39, 0.29) is 0 Å². The number of ether oxygens (including phenoxy) is 1. The number of hydrogen-bond acceptors (Lipinski definition) is 3. The zero-order valence-corrected chi connectivity index (χ0v) is 12.0. The minimum absolute atomic E-state index is 0.432. The molecule has 0 radical (unpaired) electrons. The summed E-state index contributed by atoms with van der Waals surface area (Å²) >= 11 is 0. The maximum Gasteiger partial charge on any atom is 0.0702 e. The van der Waals surface area contributed by atoms with E-state index in [1.165, 1.54) is 24.0 Å². The number of benzene rings is 1. The van der Waals surface area contributed by atoms with Gasteiger partial charge in [0.05, 0.1) is 6.10 Å². The molecule has 3 heteroatoms. The lowest BCUT2D eigenvalue weighted by atomic mass is 10.0. The predicted molar refractivity (Wildman–Crippen MR) is 79.1 cm³/mol. The Labute approximate surface area is 116 Å². The fraction of sp³-hybridized carbons (Fsp3) is 0.625. The molecule has 0 saturated carbocycles. The Hall–Kier alpha value is -0.900. The monoisotopic (exact) mass is 262 g/mol. The topological polar surface area (TPSA) is 38.5 Å². The fourth-order valence-corrected chi connectivity index (χ4v) is 2.73. The molecule has 0 bridgehead atoms. The van der Waals surface area contributed by atoms with Gasteiger partial charge in [-0.05, 0) is 43.5 Å². The number of likely N-dealkylation sites (N-methyl/N-ethyl adjacent to an activating group) is 1. The highest BCUT2D eigenvalue weighted by atomic mass is 16.5. The molecular formula is C16H26N2O. The van der Waals surface area contributed by atoms with Crippen molar-refractivity contribution in [1.82, 2.24) is 4.90 Å². The van der Waals surface area contributed by atoms with Crippen molar-refractivity contribution in [2.24, 2.45) is 5.73 Å². The number of hydrogen-bond donors (Lipinski definition) is 1. The second-order valence-corrected chi connectivity index (χ2v) is 5.27. The first kappa shape index (κ1) is 14.5. The lowest BCUT2D eigenvalue weighted by molar-refractivity contribution is 0.0724. The largest absolute Gasteiger partial charge is 0.377 e. The molecule has 1 heterocycles. The molecule has 1 unspecified atom stereocenters. The quantitative estimate of drug-likeness (QED) is 0.818. The summed E-state index contributed by atoms with van der Waals surface area (Å²) in [5.74, 6) is 0. The molecule has 0 aromatic heterocycles. The Morgan fingerprint density at radius 2 is 2.11 bits per heavy atom. The Morgan fingerprint density at radius 1 is 1.32 bits per heavy atom. The molecule has 1 saturated heterocycles. The molecule has 1 atom stereocenters. The molecule has 1 aromatic carbocycles. The van der Waals surface area contributed by atoms with Gasteiger partial charge in [-0.15, -0.1) is 0 Å². The Balaban J connectivity index is 1.96. The summed E-state index contributed by atoms with van der Waals surface area (Å²) in [6.45, 7) is 7.00. The van der Waals surface area contributed by atoms with E-state index in [2.05, 4.69) is 36.1 Å². The Morgan fingerprint density at radius 3 is 2.74 bits per heavy atom. The summed E-state index contributed by atoms with van der Waals surface area (Å²) in [6.07, 6.45) is 3.82. The van der Waals surface area contributed by atoms with E-state index in [9.17, 15) is 0 Å². The minimum atomic E-state index is 0.432. The molecule has 106 valence electrons. The van der Waals surface area contributed by atoms with Crippen LogP contribution in [0.15, 0.2) is 24.3 Å². The SMILES string of the molecule is CCN(Cc1ccccc1CCN)CC1CCCO1. The Kier molecular flexibility index (Phi) is 5.83. The van der Waals surface area contributed by atoms with Gasteiger partial charge in [0.15, 0.2) is 0 Å². The normalized spacial score (nSPS) is 19.2. The van der Waals surface area contributed by atoms with Crippen molar-refractivity contribution >= 4 is 0 Å². The van der Waals surface area contributed by atoms with Crippen LogP contribution in [0.25, 0.3) is 0 Å². The van der Waals surface area contributed by atoms with E-state index in [4.69, 9.17) is 10.5 Å². The van der Waals surface area contributed by atoms with Gasteiger partial charge in [-0.3, -0.25) is 4.90 Å². The van der Waals surface area contributed by atoms with E-state index >= 15 is 0 Å². The van der Waals surface area contributed by atoms with Gasteiger partial charge in [-0.1, -0.05) is 31.2 Å². The molecule has 1 aliphatic rings. The summed E-state index contributed by atoms with van der Waals surface area (Å²) in [6, 6.07) is 8.64. The van der Waals surface area contributed by atoms with Gasteiger partial charge in [-0.2, -0.15) is 0 Å². The molecule has 0 aliphatic carbocycles. The van der Waals surface area contributed by atoms with Crippen LogP contribution < -0.4 is 5.73 Å². The zero-order chi connectivity index (χ0) is 13.5. The summed E-state index contributed by atoms with van der Waals surface area (Å²) in [7, 11) is 0. The molecular weight excluding hydrogens is 236 g/mol. The van der Waals surface area contributed by atoms with Gasteiger partial charge in [0.1, 0.15) is 0 Å². The average molecular weight is 262 g/mol. The smallest absolute Gasteiger partial charge is 0.0702 e. The molecule has 2 rings (SSSR count). The van der Waals surface area contributed by atoms with Crippen LogP contribution in [0.1, 0.15) is 30.9 Å². The van der Waals surface area contributed by atoms with Crippen molar-refractivity contribution in [1.29, 1.82) is 0 Å². The van der Waals surface area contributed by atoms with Crippen LogP contribution in [0, 0.1) is 0 Å². The van der Waals surface area contributed by atoms with Gasteiger partial charge in [-0.25, -0.2) is 0 Å². The van der Waals surface area contributed by atoms with Crippen LogP contribution in [0.5, 0.6) is 0 Å². The summed E-state index contributed by atoms with van der Waals surface area (Å²) in [5.41, 5.74) is 8.49. The van der Waals surface area contributed by atoms with Gasteiger partial charge in [0.2, 0.25) is 0 Å². The van der Waals surface area contributed by atoms with Crippen LogP contribution in [0.3, 0.4) is 0 Å². The third kappa shape index (κ3) is 4.30. The zero-order valence-electron chi connectivity index (χ0n) is 12.0. The highest BCUT2D eigenvalue weighted by Gasteiger charge is 2.18. The number of nitrogens with zero attached hydrogens (tertiary/aromatic N) is 1. The van der Waals surface area contributed by atoms with Gasteiger partial charge < -0.3 is 10.5 Å².